The van der Waals surface area contributed by atoms with Gasteiger partial charge in [0, 0.05) is 12.7 Å². The summed E-state index contributed by atoms with van der Waals surface area (Å²) in [5, 5.41) is 3.30. The van der Waals surface area contributed by atoms with Gasteiger partial charge in [-0.05, 0) is 24.0 Å². The number of hydrogen-bond donors (Lipinski definition) is 1. The first-order valence-electron chi connectivity index (χ1n) is 6.66. The van der Waals surface area contributed by atoms with Crippen LogP contribution >= 0.6 is 0 Å². The molecule has 88 valence electrons. The Hall–Kier alpha value is -0.980. The van der Waals surface area contributed by atoms with Crippen LogP contribution in [0.4, 0.5) is 5.69 Å². The second kappa shape index (κ2) is 5.93. The molecule has 0 bridgehead atoms. The third kappa shape index (κ3) is 3.01. The first kappa shape index (κ1) is 11.5. The molecular formula is C15H23N. The molecule has 1 saturated carbocycles. The molecule has 1 aliphatic carbocycles. The highest BCUT2D eigenvalue weighted by atomic mass is 14.8. The van der Waals surface area contributed by atoms with Gasteiger partial charge in [0.1, 0.15) is 0 Å². The summed E-state index contributed by atoms with van der Waals surface area (Å²) in [6, 6.07) is 8.73. The quantitative estimate of drug-likeness (QED) is 0.747. The van der Waals surface area contributed by atoms with Gasteiger partial charge in [0.05, 0.1) is 0 Å². The maximum Gasteiger partial charge on any atom is 0.0370 e. The van der Waals surface area contributed by atoms with E-state index in [4.69, 9.17) is 0 Å². The molecule has 2 rings (SSSR count). The van der Waals surface area contributed by atoms with E-state index in [9.17, 15) is 0 Å². The van der Waals surface area contributed by atoms with Crippen LogP contribution in [0.2, 0.25) is 0 Å². The van der Waals surface area contributed by atoms with E-state index in [-0.39, 0.29) is 0 Å². The summed E-state index contributed by atoms with van der Waals surface area (Å²) in [6.07, 6.45) is 9.89. The van der Waals surface area contributed by atoms with Crippen molar-refractivity contribution in [2.24, 2.45) is 5.92 Å². The molecule has 1 heteroatoms. The lowest BCUT2D eigenvalue weighted by Gasteiger charge is -2.16. The van der Waals surface area contributed by atoms with Gasteiger partial charge in [-0.1, -0.05) is 56.7 Å². The fraction of sp³-hybridized carbons (Fsp3) is 0.600. The minimum Gasteiger partial charge on any atom is -0.388 e. The van der Waals surface area contributed by atoms with Crippen molar-refractivity contribution in [1.82, 2.24) is 0 Å². The molecule has 0 spiro atoms. The SMILES string of the molecule is CNc1ccccc1CC1CCCCCC1. The van der Waals surface area contributed by atoms with E-state index in [1.54, 1.807) is 0 Å². The summed E-state index contributed by atoms with van der Waals surface area (Å²) in [7, 11) is 2.02. The second-order valence-corrected chi connectivity index (χ2v) is 4.97. The molecule has 0 unspecified atom stereocenters. The molecule has 0 atom stereocenters. The van der Waals surface area contributed by atoms with E-state index in [1.807, 2.05) is 7.05 Å². The van der Waals surface area contributed by atoms with Crippen LogP contribution < -0.4 is 5.32 Å². The van der Waals surface area contributed by atoms with Crippen molar-refractivity contribution in [2.75, 3.05) is 12.4 Å². The third-order valence-corrected chi connectivity index (χ3v) is 3.77. The van der Waals surface area contributed by atoms with Crippen molar-refractivity contribution in [3.63, 3.8) is 0 Å². The fourth-order valence-electron chi connectivity index (χ4n) is 2.82. The van der Waals surface area contributed by atoms with Gasteiger partial charge in [-0.3, -0.25) is 0 Å². The van der Waals surface area contributed by atoms with Crippen LogP contribution in [-0.4, -0.2) is 7.05 Å². The fourth-order valence-corrected chi connectivity index (χ4v) is 2.82. The number of para-hydroxylation sites is 1. The van der Waals surface area contributed by atoms with Crippen LogP contribution in [0.3, 0.4) is 0 Å². The van der Waals surface area contributed by atoms with Crippen LogP contribution in [0.5, 0.6) is 0 Å². The zero-order valence-electron chi connectivity index (χ0n) is 10.3. The van der Waals surface area contributed by atoms with Crippen LogP contribution in [0.25, 0.3) is 0 Å². The minimum absolute atomic E-state index is 0.914. The lowest BCUT2D eigenvalue weighted by molar-refractivity contribution is 0.458. The van der Waals surface area contributed by atoms with E-state index >= 15 is 0 Å². The summed E-state index contributed by atoms with van der Waals surface area (Å²) in [4.78, 5) is 0. The van der Waals surface area contributed by atoms with Gasteiger partial charge >= 0.3 is 0 Å². The first-order chi connectivity index (χ1) is 7.90. The Morgan fingerprint density at radius 3 is 2.44 bits per heavy atom. The van der Waals surface area contributed by atoms with Gasteiger partial charge in [-0.15, -0.1) is 0 Å². The summed E-state index contributed by atoms with van der Waals surface area (Å²) in [6.45, 7) is 0. The molecule has 1 aromatic carbocycles. The zero-order valence-corrected chi connectivity index (χ0v) is 10.3. The van der Waals surface area contributed by atoms with Crippen LogP contribution in [0.1, 0.15) is 44.1 Å². The number of benzene rings is 1. The van der Waals surface area contributed by atoms with Crippen LogP contribution in [0.15, 0.2) is 24.3 Å². The average molecular weight is 217 g/mol. The lowest BCUT2D eigenvalue weighted by Crippen LogP contribution is -2.05. The van der Waals surface area contributed by atoms with Crippen LogP contribution in [0, 0.1) is 5.92 Å². The smallest absolute Gasteiger partial charge is 0.0370 e. The molecule has 0 heterocycles. The Labute approximate surface area is 99.3 Å². The largest absolute Gasteiger partial charge is 0.388 e. The molecule has 0 radical (unpaired) electrons. The van der Waals surface area contributed by atoms with E-state index in [0.717, 1.165) is 5.92 Å². The Morgan fingerprint density at radius 1 is 1.06 bits per heavy atom. The highest BCUT2D eigenvalue weighted by Crippen LogP contribution is 2.28. The molecule has 1 aliphatic rings. The van der Waals surface area contributed by atoms with Crippen molar-refractivity contribution < 1.29 is 0 Å². The van der Waals surface area contributed by atoms with Crippen molar-refractivity contribution in [3.8, 4) is 0 Å². The van der Waals surface area contributed by atoms with Crippen molar-refractivity contribution in [1.29, 1.82) is 0 Å². The number of nitrogens with one attached hydrogen (secondary N) is 1. The number of rotatable bonds is 3. The molecule has 1 aromatic rings. The second-order valence-electron chi connectivity index (χ2n) is 4.97. The minimum atomic E-state index is 0.914. The van der Waals surface area contributed by atoms with Gasteiger partial charge in [0.15, 0.2) is 0 Å². The first-order valence-corrected chi connectivity index (χ1v) is 6.66. The van der Waals surface area contributed by atoms with Gasteiger partial charge < -0.3 is 5.32 Å². The molecule has 0 saturated heterocycles. The van der Waals surface area contributed by atoms with Crippen LogP contribution in [-0.2, 0) is 6.42 Å². The van der Waals surface area contributed by atoms with E-state index in [0.29, 0.717) is 0 Å². The molecule has 1 fully saturated rings. The van der Waals surface area contributed by atoms with E-state index < -0.39 is 0 Å². The molecule has 1 N–H and O–H groups in total. The lowest BCUT2D eigenvalue weighted by atomic mass is 9.92. The highest BCUT2D eigenvalue weighted by Gasteiger charge is 2.13. The molecular weight excluding hydrogens is 194 g/mol. The maximum absolute atomic E-state index is 3.30. The van der Waals surface area contributed by atoms with Gasteiger partial charge in [-0.2, -0.15) is 0 Å². The summed E-state index contributed by atoms with van der Waals surface area (Å²) >= 11 is 0. The molecule has 0 aromatic heterocycles. The van der Waals surface area contributed by atoms with Gasteiger partial charge in [0.25, 0.3) is 0 Å². The summed E-state index contributed by atoms with van der Waals surface area (Å²) < 4.78 is 0. The van der Waals surface area contributed by atoms with Crippen molar-refractivity contribution >= 4 is 5.69 Å². The van der Waals surface area contributed by atoms with Gasteiger partial charge in [-0.25, -0.2) is 0 Å². The average Bonchev–Trinajstić information content (AvgIpc) is 2.58. The maximum atomic E-state index is 3.30. The predicted molar refractivity (Wildman–Crippen MR) is 70.9 cm³/mol. The Balaban J connectivity index is 2.01. The number of anilines is 1. The molecule has 1 nitrogen and oxygen atoms in total. The monoisotopic (exact) mass is 217 g/mol. The molecule has 16 heavy (non-hydrogen) atoms. The Bertz CT molecular complexity index is 311. The summed E-state index contributed by atoms with van der Waals surface area (Å²) in [5.74, 6) is 0.914. The number of hydrogen-bond acceptors (Lipinski definition) is 1. The highest BCUT2D eigenvalue weighted by molar-refractivity contribution is 5.50. The predicted octanol–water partition coefficient (Wildman–Crippen LogP) is 4.24. The summed E-state index contributed by atoms with van der Waals surface area (Å²) in [5.41, 5.74) is 2.81. The van der Waals surface area contributed by atoms with Crippen molar-refractivity contribution in [3.05, 3.63) is 29.8 Å². The normalized spacial score (nSPS) is 18.1. The van der Waals surface area contributed by atoms with E-state index in [1.165, 1.54) is 56.2 Å². The molecule has 0 amide bonds. The third-order valence-electron chi connectivity index (χ3n) is 3.77. The zero-order chi connectivity index (χ0) is 11.2. The van der Waals surface area contributed by atoms with Gasteiger partial charge in [0.2, 0.25) is 0 Å². The van der Waals surface area contributed by atoms with Crippen molar-refractivity contribution in [2.45, 2.75) is 44.9 Å². The van der Waals surface area contributed by atoms with E-state index in [2.05, 4.69) is 29.6 Å². The Kier molecular flexibility index (Phi) is 4.26. The standard InChI is InChI=1S/C15H23N/c1-16-15-11-7-6-10-14(15)12-13-8-4-2-3-5-9-13/h6-7,10-11,13,16H,2-5,8-9,12H2,1H3. The molecule has 0 aliphatic heterocycles. The topological polar surface area (TPSA) is 12.0 Å². The Morgan fingerprint density at radius 2 is 1.75 bits per heavy atom.